The van der Waals surface area contributed by atoms with Gasteiger partial charge in [0.15, 0.2) is 0 Å². The quantitative estimate of drug-likeness (QED) is 0.644. The maximum Gasteiger partial charge on any atom is 0.278 e. The van der Waals surface area contributed by atoms with Crippen LogP contribution in [0.25, 0.3) is 0 Å². The van der Waals surface area contributed by atoms with E-state index in [0.717, 1.165) is 6.54 Å². The number of hydrogen-bond acceptors (Lipinski definition) is 2. The minimum Gasteiger partial charge on any atom is -0.347 e. The molecule has 0 aliphatic carbocycles. The predicted molar refractivity (Wildman–Crippen MR) is 41.8 cm³/mol. The van der Waals surface area contributed by atoms with Gasteiger partial charge in [0.05, 0.1) is 0 Å². The molecule has 0 aliphatic rings. The van der Waals surface area contributed by atoms with Crippen molar-refractivity contribution < 1.29 is 4.79 Å². The maximum atomic E-state index is 10.6. The van der Waals surface area contributed by atoms with E-state index in [1.54, 1.807) is 6.26 Å². The molecule has 3 heteroatoms. The molecule has 54 valence electrons. The molecule has 1 N–H and O–H groups in total. The number of rotatable bonds is 2. The van der Waals surface area contributed by atoms with Gasteiger partial charge in [-0.2, -0.15) is 0 Å². The molecule has 2 nitrogen and oxygen atoms in total. The Balaban J connectivity index is 3.17. The van der Waals surface area contributed by atoms with Crippen molar-refractivity contribution in [3.8, 4) is 0 Å². The van der Waals surface area contributed by atoms with Crippen LogP contribution in [0, 0.1) is 5.92 Å². The molecular formula is C6H13NOS. The van der Waals surface area contributed by atoms with Crippen LogP contribution in [-0.4, -0.2) is 18.0 Å². The van der Waals surface area contributed by atoms with Crippen LogP contribution >= 0.6 is 11.8 Å². The van der Waals surface area contributed by atoms with Crippen LogP contribution in [0.5, 0.6) is 0 Å². The zero-order valence-electron chi connectivity index (χ0n) is 6.10. The van der Waals surface area contributed by atoms with Crippen LogP contribution in [0.15, 0.2) is 0 Å². The standard InChI is InChI=1S/C6H13NOS/c1-5(2)4-7-6(8)9-3/h5H,4H2,1-3H3,(H,7,8). The molecule has 0 aliphatic heterocycles. The van der Waals surface area contributed by atoms with E-state index in [4.69, 9.17) is 0 Å². The van der Waals surface area contributed by atoms with Crippen LogP contribution < -0.4 is 5.32 Å². The normalized spacial score (nSPS) is 9.78. The summed E-state index contributed by atoms with van der Waals surface area (Å²) >= 11 is 1.22. The van der Waals surface area contributed by atoms with E-state index in [2.05, 4.69) is 19.2 Å². The summed E-state index contributed by atoms with van der Waals surface area (Å²) in [5.41, 5.74) is 0. The van der Waals surface area contributed by atoms with E-state index in [-0.39, 0.29) is 5.24 Å². The number of carbonyl (C=O) groups is 1. The Bertz CT molecular complexity index is 93.1. The lowest BCUT2D eigenvalue weighted by molar-refractivity contribution is 0.259. The Kier molecular flexibility index (Phi) is 4.58. The molecule has 0 aromatic carbocycles. The minimum absolute atomic E-state index is 0.0590. The van der Waals surface area contributed by atoms with E-state index in [9.17, 15) is 4.79 Å². The third kappa shape index (κ3) is 5.69. The average molecular weight is 147 g/mol. The van der Waals surface area contributed by atoms with Crippen LogP contribution in [0.4, 0.5) is 4.79 Å². The number of hydrogen-bond donors (Lipinski definition) is 1. The molecule has 0 bridgehead atoms. The topological polar surface area (TPSA) is 29.1 Å². The van der Waals surface area contributed by atoms with Gasteiger partial charge in [0.1, 0.15) is 0 Å². The minimum atomic E-state index is 0.0590. The van der Waals surface area contributed by atoms with Crippen molar-refractivity contribution in [2.75, 3.05) is 12.8 Å². The monoisotopic (exact) mass is 147 g/mol. The first-order chi connectivity index (χ1) is 4.16. The van der Waals surface area contributed by atoms with Gasteiger partial charge in [0.25, 0.3) is 5.24 Å². The molecule has 0 rings (SSSR count). The highest BCUT2D eigenvalue weighted by molar-refractivity contribution is 8.12. The first-order valence-electron chi connectivity index (χ1n) is 2.98. The van der Waals surface area contributed by atoms with Crippen LogP contribution in [0.2, 0.25) is 0 Å². The molecule has 1 amide bonds. The molecular weight excluding hydrogens is 134 g/mol. The van der Waals surface area contributed by atoms with Crippen molar-refractivity contribution in [2.45, 2.75) is 13.8 Å². The van der Waals surface area contributed by atoms with Crippen LogP contribution in [0.1, 0.15) is 13.8 Å². The molecule has 9 heavy (non-hydrogen) atoms. The largest absolute Gasteiger partial charge is 0.347 e. The second-order valence-corrected chi connectivity index (χ2v) is 3.05. The van der Waals surface area contributed by atoms with E-state index in [1.165, 1.54) is 11.8 Å². The predicted octanol–water partition coefficient (Wildman–Crippen LogP) is 1.71. The lowest BCUT2D eigenvalue weighted by atomic mass is 10.2. The number of nitrogens with one attached hydrogen (secondary N) is 1. The van der Waals surface area contributed by atoms with Gasteiger partial charge in [0.2, 0.25) is 0 Å². The zero-order valence-corrected chi connectivity index (χ0v) is 6.92. The number of thioether (sulfide) groups is 1. The van der Waals surface area contributed by atoms with Gasteiger partial charge in [-0.15, -0.1) is 0 Å². The SMILES string of the molecule is CSC(=O)NCC(C)C. The van der Waals surface area contributed by atoms with Crippen LogP contribution in [-0.2, 0) is 0 Å². The summed E-state index contributed by atoms with van der Waals surface area (Å²) in [6.07, 6.45) is 1.77. The Morgan fingerprint density at radius 1 is 1.67 bits per heavy atom. The first kappa shape index (κ1) is 8.82. The van der Waals surface area contributed by atoms with Crippen molar-refractivity contribution in [2.24, 2.45) is 5.92 Å². The van der Waals surface area contributed by atoms with Crippen molar-refractivity contribution in [1.82, 2.24) is 5.32 Å². The fourth-order valence-corrected chi connectivity index (χ4v) is 0.587. The summed E-state index contributed by atoms with van der Waals surface area (Å²) < 4.78 is 0. The van der Waals surface area contributed by atoms with E-state index in [0.29, 0.717) is 5.92 Å². The lowest BCUT2D eigenvalue weighted by Gasteiger charge is -2.04. The van der Waals surface area contributed by atoms with Crippen molar-refractivity contribution in [3.05, 3.63) is 0 Å². The molecule has 0 heterocycles. The Morgan fingerprint density at radius 3 is 2.56 bits per heavy atom. The Hall–Kier alpha value is -0.180. The van der Waals surface area contributed by atoms with Crippen LogP contribution in [0.3, 0.4) is 0 Å². The van der Waals surface area contributed by atoms with E-state index < -0.39 is 0 Å². The molecule has 0 fully saturated rings. The van der Waals surface area contributed by atoms with Gasteiger partial charge >= 0.3 is 0 Å². The van der Waals surface area contributed by atoms with Gasteiger partial charge < -0.3 is 5.32 Å². The smallest absolute Gasteiger partial charge is 0.278 e. The average Bonchev–Trinajstić information content (AvgIpc) is 1.83. The fraction of sp³-hybridized carbons (Fsp3) is 0.833. The fourth-order valence-electron chi connectivity index (χ4n) is 0.360. The Morgan fingerprint density at radius 2 is 2.22 bits per heavy atom. The highest BCUT2D eigenvalue weighted by Crippen LogP contribution is 1.94. The van der Waals surface area contributed by atoms with Gasteiger partial charge in [-0.3, -0.25) is 4.79 Å². The molecule has 0 unspecified atom stereocenters. The number of amides is 1. The van der Waals surface area contributed by atoms with Gasteiger partial charge in [0, 0.05) is 6.54 Å². The van der Waals surface area contributed by atoms with Gasteiger partial charge in [-0.1, -0.05) is 25.6 Å². The van der Waals surface area contributed by atoms with Crippen molar-refractivity contribution >= 4 is 17.0 Å². The first-order valence-corrected chi connectivity index (χ1v) is 4.21. The Labute approximate surface area is 60.4 Å². The molecule has 0 aromatic rings. The second kappa shape index (κ2) is 4.68. The van der Waals surface area contributed by atoms with Crippen molar-refractivity contribution in [1.29, 1.82) is 0 Å². The maximum absolute atomic E-state index is 10.6. The number of carbonyl (C=O) groups excluding carboxylic acids is 1. The van der Waals surface area contributed by atoms with E-state index in [1.807, 2.05) is 0 Å². The van der Waals surface area contributed by atoms with Crippen molar-refractivity contribution in [3.63, 3.8) is 0 Å². The zero-order chi connectivity index (χ0) is 7.28. The lowest BCUT2D eigenvalue weighted by Crippen LogP contribution is -2.22. The second-order valence-electron chi connectivity index (χ2n) is 2.27. The molecule has 0 saturated carbocycles. The molecule has 0 spiro atoms. The third-order valence-corrected chi connectivity index (χ3v) is 1.36. The molecule has 0 atom stereocenters. The highest BCUT2D eigenvalue weighted by Gasteiger charge is 1.97. The summed E-state index contributed by atoms with van der Waals surface area (Å²) in [7, 11) is 0. The summed E-state index contributed by atoms with van der Waals surface area (Å²) in [5.74, 6) is 0.543. The summed E-state index contributed by atoms with van der Waals surface area (Å²) in [4.78, 5) is 10.6. The summed E-state index contributed by atoms with van der Waals surface area (Å²) in [6, 6.07) is 0. The summed E-state index contributed by atoms with van der Waals surface area (Å²) in [5, 5.41) is 2.81. The molecule has 0 saturated heterocycles. The van der Waals surface area contributed by atoms with Gasteiger partial charge in [-0.05, 0) is 12.2 Å². The summed E-state index contributed by atoms with van der Waals surface area (Å²) in [6.45, 7) is 4.92. The third-order valence-electron chi connectivity index (χ3n) is 0.840. The highest BCUT2D eigenvalue weighted by atomic mass is 32.2. The molecule has 0 aromatic heterocycles. The van der Waals surface area contributed by atoms with Gasteiger partial charge in [-0.25, -0.2) is 0 Å². The molecule has 0 radical (unpaired) electrons. The van der Waals surface area contributed by atoms with E-state index >= 15 is 0 Å².